The van der Waals surface area contributed by atoms with Gasteiger partial charge in [-0.25, -0.2) is 9.78 Å². The molecule has 0 aliphatic rings. The first-order valence-corrected chi connectivity index (χ1v) is 17.7. The Hall–Kier alpha value is -5.68. The van der Waals surface area contributed by atoms with E-state index >= 15 is 0 Å². The minimum absolute atomic E-state index is 0.0363. The number of nitrogens with one attached hydrogen (secondary N) is 7. The van der Waals surface area contributed by atoms with Gasteiger partial charge in [-0.1, -0.05) is 27.7 Å². The van der Waals surface area contributed by atoms with Crippen LogP contribution in [0.25, 0.3) is 0 Å². The predicted octanol–water partition coefficient (Wildman–Crippen LogP) is -5.51. The van der Waals surface area contributed by atoms with Gasteiger partial charge in [-0.15, -0.1) is 0 Å². The lowest BCUT2D eigenvalue weighted by atomic mass is 10.00. The second kappa shape index (κ2) is 23.3. The molecule has 8 amide bonds. The number of hydrogen-bond donors (Lipinski definition) is 13. The molecule has 16 N–H and O–H groups in total. The van der Waals surface area contributed by atoms with Crippen molar-refractivity contribution >= 4 is 53.2 Å². The van der Waals surface area contributed by atoms with Crippen LogP contribution < -0.4 is 49.1 Å². The number of rotatable bonds is 25. The van der Waals surface area contributed by atoms with Crippen LogP contribution in [0.1, 0.15) is 66.0 Å². The molecular formula is C33H55N11O12. The molecule has 0 fully saturated rings. The Morgan fingerprint density at radius 1 is 0.714 bits per heavy atom. The van der Waals surface area contributed by atoms with E-state index in [1.165, 1.54) is 19.4 Å². The van der Waals surface area contributed by atoms with Gasteiger partial charge in [-0.2, -0.15) is 0 Å². The largest absolute Gasteiger partial charge is 0.480 e. The number of H-pyrrole nitrogens is 1. The fourth-order valence-electron chi connectivity index (χ4n) is 5.10. The van der Waals surface area contributed by atoms with Crippen LogP contribution in [-0.2, 0) is 49.6 Å². The van der Waals surface area contributed by atoms with Crippen molar-refractivity contribution in [3.8, 4) is 0 Å². The fraction of sp³-hybridized carbons (Fsp3) is 0.636. The van der Waals surface area contributed by atoms with Crippen molar-refractivity contribution < 1.29 is 58.5 Å². The lowest BCUT2D eigenvalue weighted by Gasteiger charge is -2.29. The lowest BCUT2D eigenvalue weighted by Crippen LogP contribution is -2.62. The van der Waals surface area contributed by atoms with E-state index in [4.69, 9.17) is 17.2 Å². The molecule has 0 bridgehead atoms. The summed E-state index contributed by atoms with van der Waals surface area (Å²) in [4.78, 5) is 120. The summed E-state index contributed by atoms with van der Waals surface area (Å²) in [5.41, 5.74) is 16.3. The molecule has 0 aromatic carbocycles. The Balaban J connectivity index is 3.19. The van der Waals surface area contributed by atoms with Crippen molar-refractivity contribution in [3.05, 3.63) is 18.2 Å². The number of aliphatic hydroxyl groups excluding tert-OH is 2. The van der Waals surface area contributed by atoms with Crippen LogP contribution in [0.5, 0.6) is 0 Å². The summed E-state index contributed by atoms with van der Waals surface area (Å²) in [6, 6.07) is -10.4. The van der Waals surface area contributed by atoms with E-state index in [-0.39, 0.29) is 31.6 Å². The normalized spacial score (nSPS) is 15.5. The van der Waals surface area contributed by atoms with Crippen LogP contribution in [-0.4, -0.2) is 134 Å². The van der Waals surface area contributed by atoms with Crippen LogP contribution in [0.3, 0.4) is 0 Å². The lowest BCUT2D eigenvalue weighted by molar-refractivity contribution is -0.143. The zero-order valence-electron chi connectivity index (χ0n) is 31.9. The number of primary amides is 2. The third-order valence-electron chi connectivity index (χ3n) is 8.13. The molecule has 0 aliphatic carbocycles. The molecule has 0 unspecified atom stereocenters. The van der Waals surface area contributed by atoms with Crippen LogP contribution in [0.15, 0.2) is 12.5 Å². The molecule has 0 saturated heterocycles. The summed E-state index contributed by atoms with van der Waals surface area (Å²) in [7, 11) is 0. The molecule has 0 saturated carbocycles. The number of nitrogens with zero attached hydrogens (tertiary/aromatic N) is 1. The number of aromatic nitrogens is 2. The van der Waals surface area contributed by atoms with Gasteiger partial charge >= 0.3 is 5.97 Å². The smallest absolute Gasteiger partial charge is 0.326 e. The van der Waals surface area contributed by atoms with E-state index in [2.05, 4.69) is 41.9 Å². The molecule has 8 atom stereocenters. The monoisotopic (exact) mass is 797 g/mol. The summed E-state index contributed by atoms with van der Waals surface area (Å²) in [5, 5.41) is 43.9. The van der Waals surface area contributed by atoms with Crippen LogP contribution >= 0.6 is 0 Å². The molecule has 314 valence electrons. The number of aliphatic carboxylic acids is 1. The quantitative estimate of drug-likeness (QED) is 0.0439. The Kier molecular flexibility index (Phi) is 20.1. The van der Waals surface area contributed by atoms with Crippen molar-refractivity contribution in [2.75, 3.05) is 6.61 Å². The first-order chi connectivity index (χ1) is 26.1. The molecular weight excluding hydrogens is 742 g/mol. The molecule has 1 aromatic rings. The van der Waals surface area contributed by atoms with Gasteiger partial charge < -0.3 is 69.4 Å². The highest BCUT2D eigenvalue weighted by atomic mass is 16.4. The summed E-state index contributed by atoms with van der Waals surface area (Å²) in [6.45, 7) is 6.75. The molecule has 23 nitrogen and oxygen atoms in total. The second-order valence-corrected chi connectivity index (χ2v) is 13.9. The van der Waals surface area contributed by atoms with Gasteiger partial charge in [0, 0.05) is 24.7 Å². The molecule has 1 heterocycles. The van der Waals surface area contributed by atoms with Crippen molar-refractivity contribution in [3.63, 3.8) is 0 Å². The molecule has 0 spiro atoms. The van der Waals surface area contributed by atoms with Crippen LogP contribution in [0.2, 0.25) is 0 Å². The molecule has 23 heteroatoms. The number of aliphatic hydroxyl groups is 2. The maximum absolute atomic E-state index is 13.6. The van der Waals surface area contributed by atoms with E-state index in [0.29, 0.717) is 5.69 Å². The van der Waals surface area contributed by atoms with E-state index < -0.39 is 121 Å². The van der Waals surface area contributed by atoms with Crippen LogP contribution in [0, 0.1) is 11.8 Å². The molecule has 0 radical (unpaired) electrons. The summed E-state index contributed by atoms with van der Waals surface area (Å²) in [5.74, 6) is -9.85. The first-order valence-electron chi connectivity index (χ1n) is 17.7. The van der Waals surface area contributed by atoms with E-state index in [1.54, 1.807) is 27.7 Å². The van der Waals surface area contributed by atoms with Crippen LogP contribution in [0.4, 0.5) is 0 Å². The first kappa shape index (κ1) is 48.3. The van der Waals surface area contributed by atoms with Gasteiger partial charge in [0.25, 0.3) is 0 Å². The highest BCUT2D eigenvalue weighted by molar-refractivity contribution is 5.97. The molecule has 56 heavy (non-hydrogen) atoms. The van der Waals surface area contributed by atoms with Crippen molar-refractivity contribution in [1.29, 1.82) is 0 Å². The maximum atomic E-state index is 13.6. The SMILES string of the molecule is CC(C)C[C@H](NC(=O)[C@@H](NC(=O)[C@@H](NC(=O)[C@H](Cc1cnc[nH]1)NC(=O)[C@@H](N)CC(N)=O)C(C)C)[C@@H](C)O)C(=O)N[C@@H](CO)C(=O)N[C@@H](CCC(N)=O)C(=O)O. The number of carbonyl (C=O) groups excluding carboxylic acids is 8. The molecule has 0 aliphatic heterocycles. The summed E-state index contributed by atoms with van der Waals surface area (Å²) >= 11 is 0. The van der Waals surface area contributed by atoms with Crippen molar-refractivity contribution in [2.24, 2.45) is 29.0 Å². The maximum Gasteiger partial charge on any atom is 0.326 e. The number of carbonyl (C=O) groups is 9. The molecule has 1 aromatic heterocycles. The summed E-state index contributed by atoms with van der Waals surface area (Å²) < 4.78 is 0. The third kappa shape index (κ3) is 16.8. The highest BCUT2D eigenvalue weighted by Gasteiger charge is 2.36. The number of carboxylic acids is 1. The number of nitrogens with two attached hydrogens (primary N) is 3. The number of carboxylic acid groups (broad SMARTS) is 1. The standard InChI is InChI=1S/C33H55N11O12/c1-14(2)8-20(28(50)42-22(12-45)30(52)39-19(33(55)56)6-7-23(35)47)41-32(54)26(16(5)46)44-31(53)25(15(3)4)43-29(51)21(9-17-11-37-13-38-17)40-27(49)18(34)10-24(36)48/h11,13-16,18-22,25-26,45-46H,6-10,12,34H2,1-5H3,(H2,35,47)(H2,36,48)(H,37,38)(H,39,52)(H,40,49)(H,41,54)(H,42,50)(H,43,51)(H,44,53)(H,55,56)/t16-,18+,19+,20+,21+,22+,25+,26+/m1/s1. The van der Waals surface area contributed by atoms with Gasteiger partial charge in [0.1, 0.15) is 36.3 Å². The Bertz CT molecular complexity index is 1540. The molecule has 1 rings (SSSR count). The number of hydrogen-bond acceptors (Lipinski definition) is 13. The average molecular weight is 798 g/mol. The summed E-state index contributed by atoms with van der Waals surface area (Å²) in [6.07, 6.45) is -0.254. The topological polar surface area (TPSA) is 393 Å². The average Bonchev–Trinajstić information content (AvgIpc) is 3.61. The predicted molar refractivity (Wildman–Crippen MR) is 195 cm³/mol. The zero-order valence-corrected chi connectivity index (χ0v) is 31.9. The number of imidazole rings is 1. The second-order valence-electron chi connectivity index (χ2n) is 13.9. The zero-order chi connectivity index (χ0) is 42.9. The van der Waals surface area contributed by atoms with Gasteiger partial charge in [-0.3, -0.25) is 38.4 Å². The minimum Gasteiger partial charge on any atom is -0.480 e. The van der Waals surface area contributed by atoms with Gasteiger partial charge in [-0.05, 0) is 31.6 Å². The minimum atomic E-state index is -1.70. The Morgan fingerprint density at radius 2 is 1.23 bits per heavy atom. The van der Waals surface area contributed by atoms with Crippen molar-refractivity contribution in [1.82, 2.24) is 41.9 Å². The Labute approximate surface area is 322 Å². The van der Waals surface area contributed by atoms with E-state index in [1.807, 2.05) is 0 Å². The van der Waals surface area contributed by atoms with Gasteiger partial charge in [0.2, 0.25) is 47.3 Å². The Morgan fingerprint density at radius 3 is 1.71 bits per heavy atom. The number of amides is 8. The number of aromatic amines is 1. The fourth-order valence-corrected chi connectivity index (χ4v) is 5.10. The van der Waals surface area contributed by atoms with Gasteiger partial charge in [0.15, 0.2) is 0 Å². The van der Waals surface area contributed by atoms with Crippen molar-refractivity contribution in [2.45, 2.75) is 115 Å². The third-order valence-corrected chi connectivity index (χ3v) is 8.13. The van der Waals surface area contributed by atoms with E-state index in [9.17, 15) is 58.5 Å². The van der Waals surface area contributed by atoms with Gasteiger partial charge in [0.05, 0.1) is 31.5 Å². The van der Waals surface area contributed by atoms with E-state index in [0.717, 1.165) is 0 Å². The highest BCUT2D eigenvalue weighted by Crippen LogP contribution is 2.10.